The van der Waals surface area contributed by atoms with E-state index in [0.717, 1.165) is 0 Å². The third kappa shape index (κ3) is 2.92. The van der Waals surface area contributed by atoms with Crippen molar-refractivity contribution in [3.63, 3.8) is 0 Å². The summed E-state index contributed by atoms with van der Waals surface area (Å²) in [6, 6.07) is 4.55. The Morgan fingerprint density at radius 1 is 1.50 bits per heavy atom. The highest BCUT2D eigenvalue weighted by Gasteiger charge is 2.38. The number of amides is 1. The SMILES string of the molecule is COC(=O)c1cc(NC(=O)C2(N)CCOC2)ccc1Cl. The smallest absolute Gasteiger partial charge is 0.339 e. The van der Waals surface area contributed by atoms with Gasteiger partial charge in [0.25, 0.3) is 0 Å². The van der Waals surface area contributed by atoms with Crippen LogP contribution in [0.25, 0.3) is 0 Å². The van der Waals surface area contributed by atoms with Crippen molar-refractivity contribution in [2.75, 3.05) is 25.6 Å². The second kappa shape index (κ2) is 5.78. The quantitative estimate of drug-likeness (QED) is 0.818. The number of anilines is 1. The van der Waals surface area contributed by atoms with E-state index >= 15 is 0 Å². The number of halogens is 1. The number of nitrogens with one attached hydrogen (secondary N) is 1. The van der Waals surface area contributed by atoms with Crippen molar-refractivity contribution < 1.29 is 19.1 Å². The third-order valence-electron chi connectivity index (χ3n) is 3.13. The normalized spacial score (nSPS) is 21.6. The highest BCUT2D eigenvalue weighted by molar-refractivity contribution is 6.33. The zero-order valence-electron chi connectivity index (χ0n) is 10.9. The summed E-state index contributed by atoms with van der Waals surface area (Å²) in [6.45, 7) is 0.633. The maximum Gasteiger partial charge on any atom is 0.339 e. The number of methoxy groups -OCH3 is 1. The van der Waals surface area contributed by atoms with Crippen LogP contribution in [0, 0.1) is 0 Å². The van der Waals surface area contributed by atoms with E-state index in [1.54, 1.807) is 6.07 Å². The molecule has 1 aliphatic rings. The van der Waals surface area contributed by atoms with E-state index in [4.69, 9.17) is 22.1 Å². The van der Waals surface area contributed by atoms with Crippen LogP contribution in [0.4, 0.5) is 5.69 Å². The first kappa shape index (κ1) is 14.8. The van der Waals surface area contributed by atoms with Gasteiger partial charge in [0.2, 0.25) is 5.91 Å². The lowest BCUT2D eigenvalue weighted by atomic mass is 9.99. The van der Waals surface area contributed by atoms with Gasteiger partial charge in [0.05, 0.1) is 24.3 Å². The average Bonchev–Trinajstić information content (AvgIpc) is 2.88. The fourth-order valence-corrected chi connectivity index (χ4v) is 2.08. The van der Waals surface area contributed by atoms with Crippen molar-refractivity contribution in [3.8, 4) is 0 Å². The summed E-state index contributed by atoms with van der Waals surface area (Å²) in [6.07, 6.45) is 0.455. The number of carbonyl (C=O) groups excluding carboxylic acids is 2. The molecule has 1 atom stereocenters. The molecule has 108 valence electrons. The molecule has 1 heterocycles. The molecule has 0 radical (unpaired) electrons. The van der Waals surface area contributed by atoms with E-state index < -0.39 is 11.5 Å². The monoisotopic (exact) mass is 298 g/mol. The molecule has 1 unspecified atom stereocenters. The molecule has 1 aromatic rings. The minimum absolute atomic E-state index is 0.177. The van der Waals surface area contributed by atoms with Crippen LogP contribution >= 0.6 is 11.6 Å². The topological polar surface area (TPSA) is 90.7 Å². The molecule has 0 spiro atoms. The van der Waals surface area contributed by atoms with Gasteiger partial charge in [-0.25, -0.2) is 4.79 Å². The molecule has 0 aromatic heterocycles. The van der Waals surface area contributed by atoms with Crippen molar-refractivity contribution in [2.45, 2.75) is 12.0 Å². The zero-order valence-corrected chi connectivity index (χ0v) is 11.7. The summed E-state index contributed by atoms with van der Waals surface area (Å²) in [5, 5.41) is 2.91. The van der Waals surface area contributed by atoms with Crippen molar-refractivity contribution >= 4 is 29.2 Å². The fraction of sp³-hybridized carbons (Fsp3) is 0.385. The first-order valence-electron chi connectivity index (χ1n) is 6.02. The van der Waals surface area contributed by atoms with Crippen molar-refractivity contribution in [3.05, 3.63) is 28.8 Å². The average molecular weight is 299 g/mol. The van der Waals surface area contributed by atoms with Crippen molar-refractivity contribution in [2.24, 2.45) is 5.73 Å². The molecule has 1 aliphatic heterocycles. The summed E-state index contributed by atoms with van der Waals surface area (Å²) in [5.74, 6) is -0.925. The van der Waals surface area contributed by atoms with Crippen LogP contribution in [-0.2, 0) is 14.3 Å². The molecule has 1 fully saturated rings. The lowest BCUT2D eigenvalue weighted by molar-refractivity contribution is -0.121. The Morgan fingerprint density at radius 2 is 2.25 bits per heavy atom. The third-order valence-corrected chi connectivity index (χ3v) is 3.46. The van der Waals surface area contributed by atoms with Crippen LogP contribution in [0.5, 0.6) is 0 Å². The number of rotatable bonds is 3. The van der Waals surface area contributed by atoms with Gasteiger partial charge in [-0.15, -0.1) is 0 Å². The molecule has 20 heavy (non-hydrogen) atoms. The van der Waals surface area contributed by atoms with E-state index in [1.165, 1.54) is 19.2 Å². The van der Waals surface area contributed by atoms with Gasteiger partial charge >= 0.3 is 5.97 Å². The van der Waals surface area contributed by atoms with Crippen LogP contribution in [0.1, 0.15) is 16.8 Å². The highest BCUT2D eigenvalue weighted by Crippen LogP contribution is 2.23. The molecule has 1 amide bonds. The molecule has 1 aromatic carbocycles. The molecule has 7 heteroatoms. The number of esters is 1. The Morgan fingerprint density at radius 3 is 2.85 bits per heavy atom. The molecule has 6 nitrogen and oxygen atoms in total. The Labute approximate surface area is 121 Å². The van der Waals surface area contributed by atoms with E-state index in [0.29, 0.717) is 18.7 Å². The second-order valence-corrected chi connectivity index (χ2v) is 5.01. The van der Waals surface area contributed by atoms with E-state index in [2.05, 4.69) is 10.1 Å². The second-order valence-electron chi connectivity index (χ2n) is 4.60. The number of carbonyl (C=O) groups is 2. The van der Waals surface area contributed by atoms with E-state index in [1.807, 2.05) is 0 Å². The van der Waals surface area contributed by atoms with E-state index in [-0.39, 0.29) is 23.1 Å². The maximum absolute atomic E-state index is 12.1. The summed E-state index contributed by atoms with van der Waals surface area (Å²) in [7, 11) is 1.26. The van der Waals surface area contributed by atoms with Crippen LogP contribution in [0.2, 0.25) is 5.02 Å². The number of hydrogen-bond acceptors (Lipinski definition) is 5. The van der Waals surface area contributed by atoms with Gasteiger partial charge in [-0.1, -0.05) is 11.6 Å². The molecular formula is C13H15ClN2O4. The minimum Gasteiger partial charge on any atom is -0.465 e. The van der Waals surface area contributed by atoms with Crippen LogP contribution in [0.15, 0.2) is 18.2 Å². The largest absolute Gasteiger partial charge is 0.465 e. The molecule has 2 rings (SSSR count). The standard InChI is InChI=1S/C13H15ClN2O4/c1-19-11(17)9-6-8(2-3-10(9)14)16-12(18)13(15)4-5-20-7-13/h2-3,6H,4-5,7,15H2,1H3,(H,16,18). The summed E-state index contributed by atoms with van der Waals surface area (Å²) in [5.41, 5.74) is 5.52. The first-order chi connectivity index (χ1) is 9.46. The number of ether oxygens (including phenoxy) is 2. The molecule has 0 saturated carbocycles. The minimum atomic E-state index is -1.04. The van der Waals surface area contributed by atoms with Gasteiger partial charge in [-0.3, -0.25) is 4.79 Å². The first-order valence-corrected chi connectivity index (χ1v) is 6.40. The van der Waals surface area contributed by atoms with Crippen LogP contribution in [-0.4, -0.2) is 37.7 Å². The predicted octanol–water partition coefficient (Wildman–Crippen LogP) is 1.18. The maximum atomic E-state index is 12.1. The highest BCUT2D eigenvalue weighted by atomic mass is 35.5. The summed E-state index contributed by atoms with van der Waals surface area (Å²) in [4.78, 5) is 23.6. The van der Waals surface area contributed by atoms with Crippen LogP contribution in [0.3, 0.4) is 0 Å². The number of benzene rings is 1. The van der Waals surface area contributed by atoms with Gasteiger partial charge in [0.15, 0.2) is 0 Å². The molecule has 1 saturated heterocycles. The summed E-state index contributed by atoms with van der Waals surface area (Å²) < 4.78 is 9.75. The lowest BCUT2D eigenvalue weighted by Crippen LogP contribution is -2.51. The van der Waals surface area contributed by atoms with Crippen molar-refractivity contribution in [1.29, 1.82) is 0 Å². The Hall–Kier alpha value is -1.63. The zero-order chi connectivity index (χ0) is 14.8. The number of nitrogens with two attached hydrogens (primary N) is 1. The molecular weight excluding hydrogens is 284 g/mol. The molecule has 0 bridgehead atoms. The lowest BCUT2D eigenvalue weighted by Gasteiger charge is -2.20. The molecule has 3 N–H and O–H groups in total. The summed E-state index contributed by atoms with van der Waals surface area (Å²) >= 11 is 5.90. The Bertz CT molecular complexity index is 541. The van der Waals surface area contributed by atoms with Crippen LogP contribution < -0.4 is 11.1 Å². The van der Waals surface area contributed by atoms with E-state index in [9.17, 15) is 9.59 Å². The van der Waals surface area contributed by atoms with Gasteiger partial charge in [0.1, 0.15) is 5.54 Å². The Balaban J connectivity index is 2.17. The number of hydrogen-bond donors (Lipinski definition) is 2. The predicted molar refractivity (Wildman–Crippen MR) is 73.8 cm³/mol. The fourth-order valence-electron chi connectivity index (χ4n) is 1.88. The Kier molecular flexibility index (Phi) is 4.27. The van der Waals surface area contributed by atoms with Gasteiger partial charge in [-0.05, 0) is 24.6 Å². The van der Waals surface area contributed by atoms with Gasteiger partial charge in [-0.2, -0.15) is 0 Å². The van der Waals surface area contributed by atoms with Gasteiger partial charge < -0.3 is 20.5 Å². The molecule has 0 aliphatic carbocycles. The van der Waals surface area contributed by atoms with Gasteiger partial charge in [0, 0.05) is 12.3 Å². The van der Waals surface area contributed by atoms with Crippen molar-refractivity contribution in [1.82, 2.24) is 0 Å².